The van der Waals surface area contributed by atoms with Crippen molar-refractivity contribution in [2.24, 2.45) is 4.99 Å². The molecule has 2 heterocycles. The van der Waals surface area contributed by atoms with Gasteiger partial charge in [-0.05, 0) is 61.3 Å². The number of nitrogens with one attached hydrogen (secondary N) is 2. The number of aldehydes is 1. The van der Waals surface area contributed by atoms with Crippen LogP contribution in [0.15, 0.2) is 45.8 Å². The number of carbonyl (C=O) groups is 1. The minimum absolute atomic E-state index is 0.480. The van der Waals surface area contributed by atoms with Crippen molar-refractivity contribution in [3.63, 3.8) is 0 Å². The molecule has 1 fully saturated rings. The van der Waals surface area contributed by atoms with Crippen molar-refractivity contribution in [1.82, 2.24) is 15.2 Å². The molecule has 150 valence electrons. The third-order valence-corrected chi connectivity index (χ3v) is 5.35. The maximum absolute atomic E-state index is 11.7. The van der Waals surface area contributed by atoms with Crippen molar-refractivity contribution in [3.05, 3.63) is 42.0 Å². The summed E-state index contributed by atoms with van der Waals surface area (Å²) in [6.45, 7) is 2.06. The Morgan fingerprint density at radius 1 is 1.21 bits per heavy atom. The maximum atomic E-state index is 11.7. The van der Waals surface area contributed by atoms with Crippen LogP contribution < -0.4 is 10.6 Å². The van der Waals surface area contributed by atoms with Crippen LogP contribution in [0.25, 0.3) is 22.2 Å². The minimum Gasteiger partial charge on any atom is -0.424 e. The Kier molecular flexibility index (Phi) is 5.57. The molecule has 4 rings (SSSR count). The summed E-state index contributed by atoms with van der Waals surface area (Å²) in [5, 5.41) is 6.27. The van der Waals surface area contributed by atoms with Crippen molar-refractivity contribution < 1.29 is 9.21 Å². The second-order valence-electron chi connectivity index (χ2n) is 7.23. The highest BCUT2D eigenvalue weighted by Gasteiger charge is 2.15. The molecule has 1 aliphatic heterocycles. The third-order valence-electron chi connectivity index (χ3n) is 5.35. The zero-order chi connectivity index (χ0) is 20.2. The van der Waals surface area contributed by atoms with Crippen LogP contribution in [0.3, 0.4) is 0 Å². The number of fused-ring (bicyclic) bond motifs is 1. The van der Waals surface area contributed by atoms with Gasteiger partial charge < -0.3 is 20.0 Å². The molecule has 1 aromatic heterocycles. The normalized spacial score (nSPS) is 15.1. The number of piperidine rings is 1. The van der Waals surface area contributed by atoms with Gasteiger partial charge in [0.05, 0.1) is 12.0 Å². The lowest BCUT2D eigenvalue weighted by molar-refractivity contribution is 0.112. The molecule has 3 aromatic rings. The molecule has 0 spiro atoms. The quantitative estimate of drug-likeness (QED) is 0.379. The minimum atomic E-state index is 0.480. The van der Waals surface area contributed by atoms with E-state index in [0.717, 1.165) is 54.4 Å². The van der Waals surface area contributed by atoms with Crippen LogP contribution in [0.2, 0.25) is 0 Å². The van der Waals surface area contributed by atoms with Gasteiger partial charge in [-0.1, -0.05) is 12.1 Å². The monoisotopic (exact) mass is 391 g/mol. The van der Waals surface area contributed by atoms with Gasteiger partial charge in [0.2, 0.25) is 0 Å². The van der Waals surface area contributed by atoms with E-state index in [-0.39, 0.29) is 0 Å². The lowest BCUT2D eigenvalue weighted by Gasteiger charge is -2.30. The molecule has 0 amide bonds. The molecular weight excluding hydrogens is 366 g/mol. The van der Waals surface area contributed by atoms with E-state index >= 15 is 0 Å². The lowest BCUT2D eigenvalue weighted by Crippen LogP contribution is -2.40. The molecule has 7 nitrogen and oxygen atoms in total. The van der Waals surface area contributed by atoms with Crippen LogP contribution in [-0.2, 0) is 0 Å². The Bertz CT molecular complexity index is 1040. The number of aliphatic imine (C=N–C) groups is 1. The molecule has 7 heteroatoms. The summed E-state index contributed by atoms with van der Waals surface area (Å²) in [5.74, 6) is 0. The van der Waals surface area contributed by atoms with Gasteiger partial charge in [0, 0.05) is 25.7 Å². The van der Waals surface area contributed by atoms with Crippen molar-refractivity contribution in [3.8, 4) is 11.1 Å². The van der Waals surface area contributed by atoms with Crippen molar-refractivity contribution >= 4 is 35.4 Å². The maximum Gasteiger partial charge on any atom is 0.295 e. The number of hydrogen-bond acceptors (Lipinski definition) is 6. The lowest BCUT2D eigenvalue weighted by atomic mass is 10.0. The van der Waals surface area contributed by atoms with Gasteiger partial charge in [-0.3, -0.25) is 4.79 Å². The van der Waals surface area contributed by atoms with E-state index in [0.29, 0.717) is 23.3 Å². The van der Waals surface area contributed by atoms with E-state index in [4.69, 9.17) is 4.42 Å². The first-order valence-corrected chi connectivity index (χ1v) is 9.82. The number of hydrogen-bond donors (Lipinski definition) is 2. The first kappa shape index (κ1) is 19.1. The fraction of sp³-hybridized carbons (Fsp3) is 0.318. The van der Waals surface area contributed by atoms with Gasteiger partial charge >= 0.3 is 0 Å². The summed E-state index contributed by atoms with van der Waals surface area (Å²) in [4.78, 5) is 22.8. The predicted octanol–water partition coefficient (Wildman–Crippen LogP) is 3.69. The van der Waals surface area contributed by atoms with Crippen molar-refractivity contribution in [2.45, 2.75) is 18.9 Å². The number of carbonyl (C=O) groups excluding carboxylic acids is 1. The number of anilines is 1. The van der Waals surface area contributed by atoms with Gasteiger partial charge in [0.1, 0.15) is 5.52 Å². The molecule has 0 bridgehead atoms. The summed E-state index contributed by atoms with van der Waals surface area (Å²) in [7, 11) is 3.81. The zero-order valence-electron chi connectivity index (χ0n) is 16.7. The van der Waals surface area contributed by atoms with Gasteiger partial charge in [0.15, 0.2) is 11.9 Å². The Morgan fingerprint density at radius 3 is 2.72 bits per heavy atom. The number of benzene rings is 2. The molecule has 29 heavy (non-hydrogen) atoms. The van der Waals surface area contributed by atoms with Gasteiger partial charge in [-0.25, -0.2) is 4.99 Å². The number of oxazole rings is 1. The highest BCUT2D eigenvalue weighted by molar-refractivity contribution is 5.89. The third kappa shape index (κ3) is 4.14. The first-order chi connectivity index (χ1) is 14.2. The molecule has 1 saturated heterocycles. The summed E-state index contributed by atoms with van der Waals surface area (Å²) in [5.41, 5.74) is 4.63. The molecule has 0 saturated carbocycles. The zero-order valence-corrected chi connectivity index (χ0v) is 16.7. The second-order valence-corrected chi connectivity index (χ2v) is 7.23. The fourth-order valence-corrected chi connectivity index (χ4v) is 3.62. The van der Waals surface area contributed by atoms with Gasteiger partial charge in [0.25, 0.3) is 6.01 Å². The summed E-state index contributed by atoms with van der Waals surface area (Å²) >= 11 is 0. The molecule has 0 radical (unpaired) electrons. The van der Waals surface area contributed by atoms with E-state index in [1.54, 1.807) is 7.05 Å². The van der Waals surface area contributed by atoms with Crippen LogP contribution in [0.1, 0.15) is 23.2 Å². The fourth-order valence-electron chi connectivity index (χ4n) is 3.62. The van der Waals surface area contributed by atoms with Crippen LogP contribution in [0.5, 0.6) is 0 Å². The summed E-state index contributed by atoms with van der Waals surface area (Å²) in [6, 6.07) is 12.5. The Morgan fingerprint density at radius 2 is 1.97 bits per heavy atom. The standard InChI is InChI=1S/C22H25N5O2/c1-23-22-26-20-12-16(4-6-21(20)29-22)15-3-5-19(17(11-15)13-28)25-14-27(2)18-7-9-24-10-8-18/h3-6,11-14,18,24H,7-10H2,1-2H3,(H,23,26). The average molecular weight is 391 g/mol. The number of rotatable bonds is 6. The first-order valence-electron chi connectivity index (χ1n) is 9.82. The van der Waals surface area contributed by atoms with Gasteiger partial charge in [-0.15, -0.1) is 0 Å². The SMILES string of the molecule is CNc1nc2cc(-c3ccc(N=CN(C)C4CCNCC4)c(C=O)c3)ccc2o1. The van der Waals surface area contributed by atoms with Crippen LogP contribution in [-0.4, -0.2) is 55.7 Å². The Balaban J connectivity index is 1.57. The second kappa shape index (κ2) is 8.45. The number of aromatic nitrogens is 1. The Labute approximate surface area is 169 Å². The van der Waals surface area contributed by atoms with E-state index in [2.05, 4.69) is 25.5 Å². The molecule has 2 N–H and O–H groups in total. The largest absolute Gasteiger partial charge is 0.424 e. The van der Waals surface area contributed by atoms with Crippen molar-refractivity contribution in [1.29, 1.82) is 0 Å². The smallest absolute Gasteiger partial charge is 0.295 e. The van der Waals surface area contributed by atoms with E-state index < -0.39 is 0 Å². The van der Waals surface area contributed by atoms with E-state index in [1.165, 1.54) is 0 Å². The highest BCUT2D eigenvalue weighted by Crippen LogP contribution is 2.29. The topological polar surface area (TPSA) is 82.8 Å². The van der Waals surface area contributed by atoms with Gasteiger partial charge in [-0.2, -0.15) is 4.98 Å². The molecule has 1 aliphatic rings. The summed E-state index contributed by atoms with van der Waals surface area (Å²) in [6.07, 6.45) is 4.89. The summed E-state index contributed by atoms with van der Waals surface area (Å²) < 4.78 is 5.57. The molecule has 0 aliphatic carbocycles. The van der Waals surface area contributed by atoms with E-state index in [9.17, 15) is 4.79 Å². The Hall–Kier alpha value is -3.19. The van der Waals surface area contributed by atoms with E-state index in [1.807, 2.05) is 49.8 Å². The molecular formula is C22H25N5O2. The average Bonchev–Trinajstić information content (AvgIpc) is 3.20. The molecule has 0 unspecified atom stereocenters. The highest BCUT2D eigenvalue weighted by atomic mass is 16.4. The van der Waals surface area contributed by atoms with Crippen molar-refractivity contribution in [2.75, 3.05) is 32.5 Å². The number of nitrogens with zero attached hydrogens (tertiary/aromatic N) is 3. The van der Waals surface area contributed by atoms with Crippen LogP contribution in [0.4, 0.5) is 11.7 Å². The van der Waals surface area contributed by atoms with Crippen LogP contribution in [0, 0.1) is 0 Å². The molecule has 2 aromatic carbocycles. The predicted molar refractivity (Wildman–Crippen MR) is 116 cm³/mol. The van der Waals surface area contributed by atoms with Crippen LogP contribution >= 0.6 is 0 Å². The molecule has 0 atom stereocenters.